The first kappa shape index (κ1) is 19.6. The second-order valence-corrected chi connectivity index (χ2v) is 9.17. The summed E-state index contributed by atoms with van der Waals surface area (Å²) in [6, 6.07) is 0.594. The van der Waals surface area contributed by atoms with E-state index >= 15 is 0 Å². The number of carbonyl (C=O) groups excluding carboxylic acids is 1. The lowest BCUT2D eigenvalue weighted by Crippen LogP contribution is -2.42. The summed E-state index contributed by atoms with van der Waals surface area (Å²) in [5.74, 6) is 0.798. The summed E-state index contributed by atoms with van der Waals surface area (Å²) in [6.07, 6.45) is 7.86. The van der Waals surface area contributed by atoms with Crippen LogP contribution in [0.3, 0.4) is 0 Å². The van der Waals surface area contributed by atoms with E-state index in [4.69, 9.17) is 4.98 Å². The normalized spacial score (nSPS) is 20.7. The van der Waals surface area contributed by atoms with Gasteiger partial charge in [-0.25, -0.2) is 4.98 Å². The number of aromatic nitrogens is 2. The molecule has 1 unspecified atom stereocenters. The Balaban J connectivity index is 1.52. The van der Waals surface area contributed by atoms with E-state index in [0.717, 1.165) is 56.7 Å². The highest BCUT2D eigenvalue weighted by Crippen LogP contribution is 2.28. The van der Waals surface area contributed by atoms with Crippen LogP contribution in [0, 0.1) is 6.92 Å². The van der Waals surface area contributed by atoms with Gasteiger partial charge in [0.2, 0.25) is 0 Å². The Morgan fingerprint density at radius 3 is 2.86 bits per heavy atom. The Morgan fingerprint density at radius 1 is 1.21 bits per heavy atom. The molecule has 4 rings (SSSR count). The van der Waals surface area contributed by atoms with E-state index in [-0.39, 0.29) is 11.5 Å². The SMILES string of the molecule is Cc1c(C(=O)NCCN2CCCCC2C)sc2nc3n(c(=O)c12)CCCCC3. The van der Waals surface area contributed by atoms with Crippen LogP contribution in [0.4, 0.5) is 0 Å². The highest BCUT2D eigenvalue weighted by atomic mass is 32.1. The summed E-state index contributed by atoms with van der Waals surface area (Å²) in [5, 5.41) is 3.69. The van der Waals surface area contributed by atoms with Crippen LogP contribution in [-0.2, 0) is 13.0 Å². The zero-order valence-electron chi connectivity index (χ0n) is 16.9. The van der Waals surface area contributed by atoms with Crippen molar-refractivity contribution < 1.29 is 4.79 Å². The maximum atomic E-state index is 13.0. The molecule has 2 aliphatic rings. The minimum Gasteiger partial charge on any atom is -0.350 e. The first-order valence-corrected chi connectivity index (χ1v) is 11.4. The standard InChI is InChI=1S/C21H30N4O2S/c1-14-8-5-7-11-24(14)13-10-22-19(26)18-15(2)17-20(28-18)23-16-9-4-3-6-12-25(16)21(17)27/h14H,3-13H2,1-2H3,(H,22,26). The van der Waals surface area contributed by atoms with E-state index in [1.807, 2.05) is 11.5 Å². The lowest BCUT2D eigenvalue weighted by atomic mass is 10.0. The maximum absolute atomic E-state index is 13.0. The number of rotatable bonds is 4. The molecular formula is C21H30N4O2S. The molecule has 0 spiro atoms. The van der Waals surface area contributed by atoms with Gasteiger partial charge in [0, 0.05) is 32.1 Å². The molecule has 4 heterocycles. The molecule has 0 radical (unpaired) electrons. The molecule has 1 amide bonds. The first-order valence-electron chi connectivity index (χ1n) is 10.6. The average Bonchev–Trinajstić information content (AvgIpc) is 2.85. The minimum atomic E-state index is -0.0789. The van der Waals surface area contributed by atoms with Crippen molar-refractivity contribution in [3.05, 3.63) is 26.6 Å². The highest BCUT2D eigenvalue weighted by Gasteiger charge is 2.23. The zero-order valence-corrected chi connectivity index (χ0v) is 17.7. The molecule has 7 heteroatoms. The number of piperidine rings is 1. The molecule has 152 valence electrons. The molecule has 2 aliphatic heterocycles. The van der Waals surface area contributed by atoms with E-state index in [2.05, 4.69) is 17.1 Å². The van der Waals surface area contributed by atoms with E-state index in [9.17, 15) is 9.59 Å². The number of amides is 1. The van der Waals surface area contributed by atoms with E-state index < -0.39 is 0 Å². The third kappa shape index (κ3) is 3.74. The van der Waals surface area contributed by atoms with Gasteiger partial charge in [-0.2, -0.15) is 0 Å². The van der Waals surface area contributed by atoms with Crippen LogP contribution in [0.15, 0.2) is 4.79 Å². The monoisotopic (exact) mass is 402 g/mol. The quantitative estimate of drug-likeness (QED) is 0.853. The lowest BCUT2D eigenvalue weighted by Gasteiger charge is -2.33. The molecular weight excluding hydrogens is 372 g/mol. The van der Waals surface area contributed by atoms with Crippen LogP contribution in [0.1, 0.15) is 66.5 Å². The van der Waals surface area contributed by atoms with Gasteiger partial charge < -0.3 is 5.32 Å². The van der Waals surface area contributed by atoms with Crippen LogP contribution in [0.25, 0.3) is 10.2 Å². The van der Waals surface area contributed by atoms with Crippen molar-refractivity contribution in [3.63, 3.8) is 0 Å². The molecule has 2 aromatic rings. The molecule has 1 atom stereocenters. The third-order valence-corrected chi connectivity index (χ3v) is 7.43. The van der Waals surface area contributed by atoms with Gasteiger partial charge in [0.25, 0.3) is 11.5 Å². The van der Waals surface area contributed by atoms with E-state index in [1.54, 1.807) is 0 Å². The number of hydrogen-bond donors (Lipinski definition) is 1. The summed E-state index contributed by atoms with van der Waals surface area (Å²) < 4.78 is 1.83. The van der Waals surface area contributed by atoms with Crippen LogP contribution in [-0.4, -0.2) is 46.0 Å². The Labute approximate surface area is 169 Å². The molecule has 1 N–H and O–H groups in total. The lowest BCUT2D eigenvalue weighted by molar-refractivity contribution is 0.0942. The summed E-state index contributed by atoms with van der Waals surface area (Å²) in [5.41, 5.74) is 0.803. The Morgan fingerprint density at radius 2 is 2.04 bits per heavy atom. The summed E-state index contributed by atoms with van der Waals surface area (Å²) >= 11 is 1.36. The smallest absolute Gasteiger partial charge is 0.262 e. The van der Waals surface area contributed by atoms with Crippen molar-refractivity contribution >= 4 is 27.5 Å². The number of aryl methyl sites for hydroxylation is 2. The first-order chi connectivity index (χ1) is 13.6. The van der Waals surface area contributed by atoms with Gasteiger partial charge in [-0.1, -0.05) is 12.8 Å². The number of hydrogen-bond acceptors (Lipinski definition) is 5. The summed E-state index contributed by atoms with van der Waals surface area (Å²) in [6.45, 7) is 7.52. The van der Waals surface area contributed by atoms with Gasteiger partial charge in [-0.15, -0.1) is 11.3 Å². The Hall–Kier alpha value is -1.73. The highest BCUT2D eigenvalue weighted by molar-refractivity contribution is 7.20. The molecule has 28 heavy (non-hydrogen) atoms. The zero-order chi connectivity index (χ0) is 19.7. The molecule has 6 nitrogen and oxygen atoms in total. The number of likely N-dealkylation sites (tertiary alicyclic amines) is 1. The molecule has 1 fully saturated rings. The molecule has 0 aromatic carbocycles. The van der Waals surface area contributed by atoms with Crippen molar-refractivity contribution in [2.24, 2.45) is 0 Å². The van der Waals surface area contributed by atoms with E-state index in [0.29, 0.717) is 27.7 Å². The van der Waals surface area contributed by atoms with E-state index in [1.165, 1.54) is 30.6 Å². The number of carbonyl (C=O) groups is 1. The molecule has 0 aliphatic carbocycles. The predicted octanol–water partition coefficient (Wildman–Crippen LogP) is 3.10. The third-order valence-electron chi connectivity index (χ3n) is 6.24. The summed E-state index contributed by atoms with van der Waals surface area (Å²) in [4.78, 5) is 34.4. The van der Waals surface area contributed by atoms with Gasteiger partial charge in [-0.05, 0) is 51.6 Å². The largest absolute Gasteiger partial charge is 0.350 e. The van der Waals surface area contributed by atoms with Crippen molar-refractivity contribution in [2.45, 2.75) is 71.4 Å². The fourth-order valence-electron chi connectivity index (χ4n) is 4.51. The van der Waals surface area contributed by atoms with Crippen molar-refractivity contribution in [3.8, 4) is 0 Å². The van der Waals surface area contributed by atoms with Crippen molar-refractivity contribution in [2.75, 3.05) is 19.6 Å². The number of nitrogens with one attached hydrogen (secondary N) is 1. The summed E-state index contributed by atoms with van der Waals surface area (Å²) in [7, 11) is 0. The molecule has 1 saturated heterocycles. The van der Waals surface area contributed by atoms with Gasteiger partial charge in [-0.3, -0.25) is 19.1 Å². The fraction of sp³-hybridized carbons (Fsp3) is 0.667. The van der Waals surface area contributed by atoms with Crippen LogP contribution >= 0.6 is 11.3 Å². The van der Waals surface area contributed by atoms with Gasteiger partial charge >= 0.3 is 0 Å². The van der Waals surface area contributed by atoms with Crippen molar-refractivity contribution in [1.82, 2.24) is 19.8 Å². The Bertz CT molecular complexity index is 933. The second kappa shape index (κ2) is 8.33. The molecule has 0 bridgehead atoms. The fourth-order valence-corrected chi connectivity index (χ4v) is 5.62. The Kier molecular flexibility index (Phi) is 5.83. The van der Waals surface area contributed by atoms with Crippen molar-refractivity contribution in [1.29, 1.82) is 0 Å². The van der Waals surface area contributed by atoms with Crippen LogP contribution in [0.5, 0.6) is 0 Å². The number of nitrogens with zero attached hydrogens (tertiary/aromatic N) is 3. The maximum Gasteiger partial charge on any atom is 0.262 e. The topological polar surface area (TPSA) is 67.2 Å². The van der Waals surface area contributed by atoms with Crippen LogP contribution in [0.2, 0.25) is 0 Å². The second-order valence-electron chi connectivity index (χ2n) is 8.17. The van der Waals surface area contributed by atoms with Gasteiger partial charge in [0.05, 0.1) is 10.3 Å². The van der Waals surface area contributed by atoms with Gasteiger partial charge in [0.1, 0.15) is 10.7 Å². The molecule has 2 aromatic heterocycles. The average molecular weight is 403 g/mol. The van der Waals surface area contributed by atoms with Gasteiger partial charge in [0.15, 0.2) is 0 Å². The predicted molar refractivity (Wildman–Crippen MR) is 113 cm³/mol. The number of fused-ring (bicyclic) bond motifs is 2. The molecule has 0 saturated carbocycles. The van der Waals surface area contributed by atoms with Crippen LogP contribution < -0.4 is 10.9 Å². The minimum absolute atomic E-state index is 0.0249. The number of thiophene rings is 1.